The van der Waals surface area contributed by atoms with E-state index in [0.717, 1.165) is 5.56 Å². The lowest BCUT2D eigenvalue weighted by Gasteiger charge is -2.25. The number of carbonyl (C=O) groups excluding carboxylic acids is 2. The Morgan fingerprint density at radius 2 is 1.68 bits per heavy atom. The van der Waals surface area contributed by atoms with E-state index >= 15 is 0 Å². The third-order valence-corrected chi connectivity index (χ3v) is 2.91. The van der Waals surface area contributed by atoms with Crippen LogP contribution in [0.3, 0.4) is 0 Å². The maximum absolute atomic E-state index is 12.1. The number of ether oxygens (including phenoxy) is 3. The van der Waals surface area contributed by atoms with E-state index in [2.05, 4.69) is 5.32 Å². The number of amides is 1. The molecule has 0 bridgehead atoms. The average molecular weight is 309 g/mol. The van der Waals surface area contributed by atoms with Crippen LogP contribution in [-0.2, 0) is 30.2 Å². The van der Waals surface area contributed by atoms with Crippen molar-refractivity contribution in [3.8, 4) is 0 Å². The molecule has 1 atom stereocenters. The summed E-state index contributed by atoms with van der Waals surface area (Å²) in [6, 6.07) is 8.26. The Hall–Kier alpha value is -1.92. The summed E-state index contributed by atoms with van der Waals surface area (Å²) in [5.74, 6) is -0.903. The fourth-order valence-electron chi connectivity index (χ4n) is 1.94. The molecule has 0 saturated heterocycles. The second kappa shape index (κ2) is 9.92. The molecule has 0 spiro atoms. The van der Waals surface area contributed by atoms with Gasteiger partial charge in [-0.25, -0.2) is 4.79 Å². The zero-order valence-corrected chi connectivity index (χ0v) is 13.2. The molecule has 6 heteroatoms. The van der Waals surface area contributed by atoms with Crippen LogP contribution in [0.15, 0.2) is 30.3 Å². The molecule has 0 aromatic heterocycles. The first-order chi connectivity index (χ1) is 10.6. The first-order valence-electron chi connectivity index (χ1n) is 7.26. The van der Waals surface area contributed by atoms with E-state index in [0.29, 0.717) is 13.2 Å². The fourth-order valence-corrected chi connectivity index (χ4v) is 1.94. The van der Waals surface area contributed by atoms with Gasteiger partial charge in [0.25, 0.3) is 0 Å². The van der Waals surface area contributed by atoms with Crippen LogP contribution in [0.25, 0.3) is 0 Å². The van der Waals surface area contributed by atoms with Crippen molar-refractivity contribution in [1.82, 2.24) is 5.32 Å². The molecule has 22 heavy (non-hydrogen) atoms. The number of carbonyl (C=O) groups is 2. The van der Waals surface area contributed by atoms with Gasteiger partial charge >= 0.3 is 5.97 Å². The molecule has 1 unspecified atom stereocenters. The predicted molar refractivity (Wildman–Crippen MR) is 81.1 cm³/mol. The van der Waals surface area contributed by atoms with Crippen molar-refractivity contribution in [2.24, 2.45) is 0 Å². The highest BCUT2D eigenvalue weighted by molar-refractivity contribution is 5.85. The summed E-state index contributed by atoms with van der Waals surface area (Å²) in [5, 5.41) is 2.62. The minimum Gasteiger partial charge on any atom is -0.467 e. The molecule has 0 radical (unpaired) electrons. The lowest BCUT2D eigenvalue weighted by atomic mass is 10.1. The first kappa shape index (κ1) is 18.1. The SMILES string of the molecule is CCOC(OCC)C(NC(=O)Cc1ccccc1)C(=O)OC. The summed E-state index contributed by atoms with van der Waals surface area (Å²) < 4.78 is 15.5. The smallest absolute Gasteiger partial charge is 0.333 e. The molecule has 0 saturated carbocycles. The van der Waals surface area contributed by atoms with E-state index in [4.69, 9.17) is 14.2 Å². The summed E-state index contributed by atoms with van der Waals surface area (Å²) in [4.78, 5) is 24.0. The lowest BCUT2D eigenvalue weighted by molar-refractivity contribution is -0.179. The van der Waals surface area contributed by atoms with Crippen molar-refractivity contribution >= 4 is 11.9 Å². The molecular formula is C16H23NO5. The van der Waals surface area contributed by atoms with Crippen molar-refractivity contribution < 1.29 is 23.8 Å². The molecule has 0 heterocycles. The first-order valence-corrected chi connectivity index (χ1v) is 7.26. The summed E-state index contributed by atoms with van der Waals surface area (Å²) in [6.07, 6.45) is -0.707. The third-order valence-electron chi connectivity index (χ3n) is 2.91. The molecule has 1 amide bonds. The summed E-state index contributed by atoms with van der Waals surface area (Å²) >= 11 is 0. The number of nitrogens with one attached hydrogen (secondary N) is 1. The van der Waals surface area contributed by atoms with Gasteiger partial charge in [0.2, 0.25) is 5.91 Å². The number of benzene rings is 1. The highest BCUT2D eigenvalue weighted by Gasteiger charge is 2.32. The molecule has 0 aliphatic carbocycles. The average Bonchev–Trinajstić information content (AvgIpc) is 2.52. The van der Waals surface area contributed by atoms with E-state index in [-0.39, 0.29) is 12.3 Å². The number of esters is 1. The summed E-state index contributed by atoms with van der Waals surface area (Å²) in [6.45, 7) is 4.28. The standard InChI is InChI=1S/C16H23NO5/c1-4-21-16(22-5-2)14(15(19)20-3)17-13(18)11-12-9-7-6-8-10-12/h6-10,14,16H,4-5,11H2,1-3H3,(H,17,18). The van der Waals surface area contributed by atoms with Crippen LogP contribution in [0, 0.1) is 0 Å². The van der Waals surface area contributed by atoms with Crippen LogP contribution in [0.5, 0.6) is 0 Å². The summed E-state index contributed by atoms with van der Waals surface area (Å²) in [5.41, 5.74) is 0.855. The normalized spacial score (nSPS) is 12.0. The van der Waals surface area contributed by atoms with Gasteiger partial charge in [0.1, 0.15) is 0 Å². The predicted octanol–water partition coefficient (Wildman–Crippen LogP) is 1.29. The Labute approximate surface area is 130 Å². The van der Waals surface area contributed by atoms with Crippen molar-refractivity contribution in [1.29, 1.82) is 0 Å². The number of methoxy groups -OCH3 is 1. The number of rotatable bonds is 9. The van der Waals surface area contributed by atoms with Crippen LogP contribution in [0.2, 0.25) is 0 Å². The van der Waals surface area contributed by atoms with E-state index < -0.39 is 18.3 Å². The molecule has 0 aliphatic heterocycles. The molecule has 1 N–H and O–H groups in total. The third kappa shape index (κ3) is 5.83. The van der Waals surface area contributed by atoms with Gasteiger partial charge in [-0.05, 0) is 19.4 Å². The van der Waals surface area contributed by atoms with Gasteiger partial charge in [0.05, 0.1) is 13.5 Å². The van der Waals surface area contributed by atoms with Gasteiger partial charge in [-0.2, -0.15) is 0 Å². The second-order valence-electron chi connectivity index (χ2n) is 4.51. The Morgan fingerprint density at radius 1 is 1.09 bits per heavy atom. The molecule has 1 aromatic rings. The molecule has 0 fully saturated rings. The molecular weight excluding hydrogens is 286 g/mol. The molecule has 1 aromatic carbocycles. The Kier molecular flexibility index (Phi) is 8.17. The quantitative estimate of drug-likeness (QED) is 0.549. The fraction of sp³-hybridized carbons (Fsp3) is 0.500. The van der Waals surface area contributed by atoms with E-state index in [1.807, 2.05) is 30.3 Å². The van der Waals surface area contributed by atoms with Crippen molar-refractivity contribution in [3.63, 3.8) is 0 Å². The van der Waals surface area contributed by atoms with Crippen LogP contribution in [-0.4, -0.2) is 44.5 Å². The van der Waals surface area contributed by atoms with Gasteiger partial charge in [0.15, 0.2) is 12.3 Å². The molecule has 6 nitrogen and oxygen atoms in total. The van der Waals surface area contributed by atoms with Crippen LogP contribution in [0.4, 0.5) is 0 Å². The van der Waals surface area contributed by atoms with Crippen molar-refractivity contribution in [2.75, 3.05) is 20.3 Å². The maximum Gasteiger partial charge on any atom is 0.333 e. The summed E-state index contributed by atoms with van der Waals surface area (Å²) in [7, 11) is 1.26. The maximum atomic E-state index is 12.1. The van der Waals surface area contributed by atoms with Gasteiger partial charge in [0, 0.05) is 13.2 Å². The monoisotopic (exact) mass is 309 g/mol. The number of hydrogen-bond donors (Lipinski definition) is 1. The van der Waals surface area contributed by atoms with Crippen LogP contribution >= 0.6 is 0 Å². The highest BCUT2D eigenvalue weighted by Crippen LogP contribution is 2.06. The van der Waals surface area contributed by atoms with E-state index in [1.165, 1.54) is 7.11 Å². The van der Waals surface area contributed by atoms with Crippen molar-refractivity contribution in [3.05, 3.63) is 35.9 Å². The Bertz CT molecular complexity index is 457. The number of hydrogen-bond acceptors (Lipinski definition) is 5. The topological polar surface area (TPSA) is 73.9 Å². The van der Waals surface area contributed by atoms with Gasteiger partial charge in [-0.15, -0.1) is 0 Å². The minimum atomic E-state index is -0.999. The molecule has 1 rings (SSSR count). The van der Waals surface area contributed by atoms with Crippen LogP contribution in [0.1, 0.15) is 19.4 Å². The zero-order valence-electron chi connectivity index (χ0n) is 13.2. The minimum absolute atomic E-state index is 0.166. The molecule has 122 valence electrons. The zero-order chi connectivity index (χ0) is 16.4. The van der Waals surface area contributed by atoms with E-state index in [9.17, 15) is 9.59 Å². The lowest BCUT2D eigenvalue weighted by Crippen LogP contribution is -2.51. The van der Waals surface area contributed by atoms with E-state index in [1.54, 1.807) is 13.8 Å². The van der Waals surface area contributed by atoms with Crippen LogP contribution < -0.4 is 5.32 Å². The largest absolute Gasteiger partial charge is 0.467 e. The van der Waals surface area contributed by atoms with Gasteiger partial charge < -0.3 is 19.5 Å². The Balaban J connectivity index is 2.74. The molecule has 0 aliphatic rings. The highest BCUT2D eigenvalue weighted by atomic mass is 16.7. The Morgan fingerprint density at radius 3 is 2.18 bits per heavy atom. The van der Waals surface area contributed by atoms with Gasteiger partial charge in [-0.1, -0.05) is 30.3 Å². The second-order valence-corrected chi connectivity index (χ2v) is 4.51. The van der Waals surface area contributed by atoms with Crippen molar-refractivity contribution in [2.45, 2.75) is 32.6 Å². The van der Waals surface area contributed by atoms with Gasteiger partial charge in [-0.3, -0.25) is 4.79 Å².